The van der Waals surface area contributed by atoms with Crippen molar-refractivity contribution in [2.24, 2.45) is 5.10 Å². The molecule has 6 heteroatoms. The fourth-order valence-corrected chi connectivity index (χ4v) is 0.453. The van der Waals surface area contributed by atoms with Gasteiger partial charge in [0.2, 0.25) is 0 Å². The van der Waals surface area contributed by atoms with Crippen molar-refractivity contribution >= 4 is 24.8 Å². The Morgan fingerprint density at radius 1 is 1.46 bits per heavy atom. The van der Waals surface area contributed by atoms with Crippen LogP contribution in [0.4, 0.5) is 4.79 Å². The third kappa shape index (κ3) is 7.39. The molecule has 0 unspecified atom stereocenters. The van der Waals surface area contributed by atoms with Crippen LogP contribution < -0.4 is 0 Å². The summed E-state index contributed by atoms with van der Waals surface area (Å²) in [5, 5.41) is 5.45. The molecule has 0 aromatic heterocycles. The van der Waals surface area contributed by atoms with Gasteiger partial charge in [0.05, 0.1) is 6.61 Å². The van der Waals surface area contributed by atoms with Gasteiger partial charge in [-0.25, -0.2) is 4.79 Å². The highest BCUT2D eigenvalue weighted by Gasteiger charge is 2.04. The second kappa shape index (κ2) is 7.67. The van der Waals surface area contributed by atoms with Gasteiger partial charge in [-0.3, -0.25) is 4.90 Å². The van der Waals surface area contributed by atoms with Crippen LogP contribution in [0.2, 0.25) is 0 Å². The Hall–Kier alpha value is -0.970. The average Bonchev–Trinajstić information content (AvgIpc) is 2.00. The molecule has 0 saturated heterocycles. The molecule has 0 aliphatic rings. The Labute approximate surface area is 84.7 Å². The lowest BCUT2D eigenvalue weighted by Crippen LogP contribution is -2.26. The van der Waals surface area contributed by atoms with Crippen LogP contribution in [-0.4, -0.2) is 50.1 Å². The minimum absolute atomic E-state index is 0. The molecular weight excluding hydrogens is 194 g/mol. The monoisotopic (exact) mass is 209 g/mol. The van der Waals surface area contributed by atoms with Crippen molar-refractivity contribution in [3.63, 3.8) is 0 Å². The molecule has 0 aliphatic heterocycles. The smallest absolute Gasteiger partial charge is 0.414 e. The number of hydrazone groups is 1. The first-order valence-corrected chi connectivity index (χ1v) is 3.69. The number of carbonyl (C=O) groups is 1. The first-order valence-electron chi connectivity index (χ1n) is 3.69. The molecule has 0 bridgehead atoms. The molecule has 78 valence electrons. The number of ether oxygens (including phenoxy) is 1. The van der Waals surface area contributed by atoms with Gasteiger partial charge >= 0.3 is 6.09 Å². The second-order valence-electron chi connectivity index (χ2n) is 2.39. The average molecular weight is 210 g/mol. The molecule has 0 spiro atoms. The molecule has 0 fully saturated rings. The number of carbonyl (C=O) groups excluding carboxylic acids is 1. The fraction of sp³-hybridized carbons (Fsp3) is 0.714. The van der Waals surface area contributed by atoms with Crippen molar-refractivity contribution in [2.45, 2.75) is 6.92 Å². The van der Waals surface area contributed by atoms with Gasteiger partial charge in [-0.2, -0.15) is 5.10 Å². The standard InChI is InChI=1S/C7H15N3O2.ClH/c1-5-12-7(11)10(4)6-8-9(2)3;/h6H,5H2,1-4H3;1H. The summed E-state index contributed by atoms with van der Waals surface area (Å²) in [6.07, 6.45) is 1.00. The largest absolute Gasteiger partial charge is 0.449 e. The predicted octanol–water partition coefficient (Wildman–Crippen LogP) is 1.00. The lowest BCUT2D eigenvalue weighted by molar-refractivity contribution is 0.134. The van der Waals surface area contributed by atoms with Gasteiger partial charge in [0.25, 0.3) is 0 Å². The van der Waals surface area contributed by atoms with E-state index in [2.05, 4.69) is 5.10 Å². The van der Waals surface area contributed by atoms with Gasteiger partial charge in [-0.15, -0.1) is 12.4 Å². The topological polar surface area (TPSA) is 45.1 Å². The van der Waals surface area contributed by atoms with Crippen molar-refractivity contribution in [3.05, 3.63) is 0 Å². The maximum Gasteiger partial charge on any atom is 0.414 e. The molecule has 5 nitrogen and oxygen atoms in total. The van der Waals surface area contributed by atoms with E-state index in [4.69, 9.17) is 4.74 Å². The molecule has 0 aromatic carbocycles. The molecule has 13 heavy (non-hydrogen) atoms. The molecule has 0 aliphatic carbocycles. The minimum Gasteiger partial charge on any atom is -0.449 e. The highest BCUT2D eigenvalue weighted by molar-refractivity contribution is 5.85. The van der Waals surface area contributed by atoms with Crippen LogP contribution in [0.15, 0.2) is 5.10 Å². The van der Waals surface area contributed by atoms with E-state index in [1.54, 1.807) is 33.1 Å². The van der Waals surface area contributed by atoms with Gasteiger partial charge in [-0.05, 0) is 6.92 Å². The van der Waals surface area contributed by atoms with Crippen molar-refractivity contribution in [1.29, 1.82) is 0 Å². The summed E-state index contributed by atoms with van der Waals surface area (Å²) in [6, 6.07) is 0. The summed E-state index contributed by atoms with van der Waals surface area (Å²) < 4.78 is 4.71. The van der Waals surface area contributed by atoms with Crippen LogP contribution in [0, 0.1) is 0 Å². The van der Waals surface area contributed by atoms with E-state index in [-0.39, 0.29) is 12.4 Å². The first-order chi connectivity index (χ1) is 5.57. The summed E-state index contributed by atoms with van der Waals surface area (Å²) in [6.45, 7) is 2.13. The van der Waals surface area contributed by atoms with Crippen LogP contribution in [-0.2, 0) is 4.74 Å². The van der Waals surface area contributed by atoms with E-state index < -0.39 is 6.09 Å². The van der Waals surface area contributed by atoms with Crippen LogP contribution >= 0.6 is 12.4 Å². The Bertz CT molecular complexity index is 173. The van der Waals surface area contributed by atoms with E-state index in [1.165, 1.54) is 11.2 Å². The number of hydrogen-bond acceptors (Lipinski definition) is 4. The van der Waals surface area contributed by atoms with E-state index in [0.29, 0.717) is 6.61 Å². The van der Waals surface area contributed by atoms with Crippen LogP contribution in [0.1, 0.15) is 6.92 Å². The normalized spacial score (nSPS) is 9.23. The molecule has 0 aromatic rings. The summed E-state index contributed by atoms with van der Waals surface area (Å²) in [4.78, 5) is 12.2. The Balaban J connectivity index is 0. The number of hydrogen-bond donors (Lipinski definition) is 0. The Morgan fingerprint density at radius 3 is 2.38 bits per heavy atom. The van der Waals surface area contributed by atoms with Crippen molar-refractivity contribution in [2.75, 3.05) is 27.7 Å². The molecular formula is C7H16ClN3O2. The maximum atomic E-state index is 10.9. The third-order valence-corrected chi connectivity index (χ3v) is 1.01. The zero-order valence-electron chi connectivity index (χ0n) is 8.35. The van der Waals surface area contributed by atoms with Gasteiger partial charge in [0.15, 0.2) is 0 Å². The van der Waals surface area contributed by atoms with E-state index in [0.717, 1.165) is 0 Å². The number of nitrogens with zero attached hydrogens (tertiary/aromatic N) is 3. The quantitative estimate of drug-likeness (QED) is 0.396. The summed E-state index contributed by atoms with van der Waals surface area (Å²) in [7, 11) is 5.13. The molecule has 0 N–H and O–H groups in total. The van der Waals surface area contributed by atoms with E-state index in [9.17, 15) is 4.79 Å². The van der Waals surface area contributed by atoms with Crippen molar-refractivity contribution in [1.82, 2.24) is 9.91 Å². The zero-order chi connectivity index (χ0) is 9.56. The molecule has 1 amide bonds. The van der Waals surface area contributed by atoms with Crippen molar-refractivity contribution < 1.29 is 9.53 Å². The number of rotatable bonds is 3. The minimum atomic E-state index is -0.400. The lowest BCUT2D eigenvalue weighted by atomic mass is 10.8. The molecule has 0 atom stereocenters. The van der Waals surface area contributed by atoms with Crippen LogP contribution in [0.3, 0.4) is 0 Å². The number of halogens is 1. The lowest BCUT2D eigenvalue weighted by Gasteiger charge is -2.11. The summed E-state index contributed by atoms with van der Waals surface area (Å²) in [5.74, 6) is 0. The Kier molecular flexibility index (Phi) is 8.58. The van der Waals surface area contributed by atoms with Crippen LogP contribution in [0.25, 0.3) is 0 Å². The van der Waals surface area contributed by atoms with E-state index in [1.807, 2.05) is 0 Å². The first kappa shape index (κ1) is 14.5. The summed E-state index contributed by atoms with van der Waals surface area (Å²) >= 11 is 0. The molecule has 0 heterocycles. The Morgan fingerprint density at radius 2 is 2.00 bits per heavy atom. The van der Waals surface area contributed by atoms with Crippen molar-refractivity contribution in [3.8, 4) is 0 Å². The highest BCUT2D eigenvalue weighted by atomic mass is 35.5. The summed E-state index contributed by atoms with van der Waals surface area (Å²) in [5.41, 5.74) is 0. The highest BCUT2D eigenvalue weighted by Crippen LogP contribution is 1.86. The van der Waals surface area contributed by atoms with Gasteiger partial charge < -0.3 is 9.75 Å². The molecule has 0 radical (unpaired) electrons. The zero-order valence-corrected chi connectivity index (χ0v) is 9.17. The van der Waals surface area contributed by atoms with Gasteiger partial charge in [0, 0.05) is 21.1 Å². The fourth-order valence-electron chi connectivity index (χ4n) is 0.453. The second-order valence-corrected chi connectivity index (χ2v) is 2.39. The molecule has 0 saturated carbocycles. The number of amides is 1. The third-order valence-electron chi connectivity index (χ3n) is 1.01. The van der Waals surface area contributed by atoms with Crippen LogP contribution in [0.5, 0.6) is 0 Å². The SMILES string of the molecule is CCOC(=O)N(C)C=NN(C)C.Cl. The molecule has 0 rings (SSSR count). The predicted molar refractivity (Wildman–Crippen MR) is 54.2 cm³/mol. The van der Waals surface area contributed by atoms with E-state index >= 15 is 0 Å². The van der Waals surface area contributed by atoms with Gasteiger partial charge in [-0.1, -0.05) is 0 Å². The van der Waals surface area contributed by atoms with Gasteiger partial charge in [0.1, 0.15) is 6.34 Å². The maximum absolute atomic E-state index is 10.9.